The number of aromatic nitrogens is 3. The van der Waals surface area contributed by atoms with Crippen LogP contribution < -0.4 is 14.8 Å². The maximum absolute atomic E-state index is 13.4. The van der Waals surface area contributed by atoms with E-state index in [1.165, 1.54) is 48.5 Å². The van der Waals surface area contributed by atoms with Crippen LogP contribution in [0.4, 0.5) is 32.3 Å². The Labute approximate surface area is 283 Å². The molecule has 0 saturated carbocycles. The van der Waals surface area contributed by atoms with E-state index in [1.54, 1.807) is 0 Å². The fourth-order valence-corrected chi connectivity index (χ4v) is 7.51. The molecule has 0 aliphatic carbocycles. The Hall–Kier alpha value is -4.27. The second-order valence-corrected chi connectivity index (χ2v) is 13.7. The molecule has 0 unspecified atom stereocenters. The van der Waals surface area contributed by atoms with Crippen molar-refractivity contribution in [2.45, 2.75) is 70.1 Å². The van der Waals surface area contributed by atoms with Gasteiger partial charge in [0.15, 0.2) is 0 Å². The number of halogens is 6. The minimum absolute atomic E-state index is 0.0975. The predicted octanol–water partition coefficient (Wildman–Crippen LogP) is 7.24. The lowest BCUT2D eigenvalue weighted by Gasteiger charge is -2.28. The Bertz CT molecular complexity index is 1530. The van der Waals surface area contributed by atoms with E-state index in [9.17, 15) is 26.3 Å². The van der Waals surface area contributed by atoms with Crippen LogP contribution in [0, 0.1) is 0 Å². The van der Waals surface area contributed by atoms with Crippen molar-refractivity contribution in [1.82, 2.24) is 15.0 Å². The highest BCUT2D eigenvalue weighted by Crippen LogP contribution is 2.53. The van der Waals surface area contributed by atoms with Crippen molar-refractivity contribution in [3.63, 3.8) is 0 Å². The fourth-order valence-electron chi connectivity index (χ4n) is 4.90. The second-order valence-electron chi connectivity index (χ2n) is 10.9. The first-order chi connectivity index (χ1) is 23.8. The number of nitrogens with zero attached hydrogens (tertiary/aromatic N) is 7. The van der Waals surface area contributed by atoms with Crippen molar-refractivity contribution in [3.05, 3.63) is 70.8 Å². The Morgan fingerprint density at radius 2 is 1.02 bits per heavy atom. The molecule has 270 valence electrons. The average Bonchev–Trinajstić information content (AvgIpc) is 4.00. The summed E-state index contributed by atoms with van der Waals surface area (Å²) in [4.78, 5) is 12.8. The van der Waals surface area contributed by atoms with E-state index >= 15 is 0 Å². The molecule has 0 radical (unpaired) electrons. The van der Waals surface area contributed by atoms with Crippen molar-refractivity contribution >= 4 is 14.8 Å². The van der Waals surface area contributed by atoms with Gasteiger partial charge in [0.1, 0.15) is 13.2 Å². The first-order valence-electron chi connectivity index (χ1n) is 15.7. The number of alkyl halides is 6. The van der Waals surface area contributed by atoms with Gasteiger partial charge in [-0.3, -0.25) is 0 Å². The third kappa shape index (κ3) is 8.36. The summed E-state index contributed by atoms with van der Waals surface area (Å²) in [7, 11) is -2.89. The van der Waals surface area contributed by atoms with Crippen LogP contribution in [-0.2, 0) is 37.8 Å². The fraction of sp³-hybridized carbons (Fsp3) is 0.500. The monoisotopic (exact) mass is 728 g/mol. The Morgan fingerprint density at radius 1 is 0.620 bits per heavy atom. The number of nitrogens with one attached hydrogen (secondary N) is 1. The van der Waals surface area contributed by atoms with Gasteiger partial charge in [0.2, 0.25) is 5.95 Å². The third-order valence-electron chi connectivity index (χ3n) is 7.47. The molecule has 20 heteroatoms. The third-order valence-corrected chi connectivity index (χ3v) is 10.6. The molecule has 3 aromatic rings. The van der Waals surface area contributed by atoms with Gasteiger partial charge < -0.3 is 28.1 Å². The summed E-state index contributed by atoms with van der Waals surface area (Å²) < 4.78 is 109. The standard InChI is InChI=1S/C30H34F6N8O5Si/c1-4-47-50(48-5-2,49-6-3)17-7-16-37-24-38-25(45-18-20-8-12-22(13-9-20)27(41-42-27)29(31,32)33)40-26(39-24)46-19-21-10-14-23(15-11-21)28(43-44-28)30(34,35)36/h8-15H,4-7,16-19H2,1-3H3,(H,37,38,39,40). The van der Waals surface area contributed by atoms with Crippen molar-refractivity contribution in [3.8, 4) is 12.0 Å². The zero-order chi connectivity index (χ0) is 36.0. The lowest BCUT2D eigenvalue weighted by Crippen LogP contribution is -2.46. The predicted molar refractivity (Wildman–Crippen MR) is 165 cm³/mol. The topological polar surface area (TPSA) is 146 Å². The number of ether oxygens (including phenoxy) is 2. The lowest BCUT2D eigenvalue weighted by atomic mass is 10.0. The lowest BCUT2D eigenvalue weighted by molar-refractivity contribution is -0.166. The van der Waals surface area contributed by atoms with E-state index in [0.717, 1.165) is 0 Å². The molecule has 2 aromatic carbocycles. The largest absolute Gasteiger partial charge is 0.500 e. The number of hydrogen-bond donors (Lipinski definition) is 1. The highest BCUT2D eigenvalue weighted by Gasteiger charge is 2.66. The van der Waals surface area contributed by atoms with E-state index in [-0.39, 0.29) is 42.3 Å². The minimum Gasteiger partial charge on any atom is -0.458 e. The summed E-state index contributed by atoms with van der Waals surface area (Å²) in [5, 5.41) is 15.9. The molecule has 13 nitrogen and oxygen atoms in total. The van der Waals surface area contributed by atoms with E-state index in [1.807, 2.05) is 20.8 Å². The molecule has 50 heavy (non-hydrogen) atoms. The highest BCUT2D eigenvalue weighted by molar-refractivity contribution is 6.60. The SMILES string of the molecule is CCO[Si](CCCNc1nc(OCc2ccc(C3(C(F)(F)F)N=N3)cc2)nc(OCc2ccc(C3(C(F)(F)F)N=N3)cc2)n1)(OCC)OCC. The molecule has 0 spiro atoms. The van der Waals surface area contributed by atoms with Crippen LogP contribution in [0.3, 0.4) is 0 Å². The summed E-state index contributed by atoms with van der Waals surface area (Å²) in [6, 6.07) is 11.1. The van der Waals surface area contributed by atoms with Gasteiger partial charge in [-0.15, -0.1) is 25.4 Å². The molecule has 0 amide bonds. The Morgan fingerprint density at radius 3 is 1.36 bits per heavy atom. The van der Waals surface area contributed by atoms with Crippen LogP contribution in [0.15, 0.2) is 69.0 Å². The maximum Gasteiger partial charge on any atom is 0.500 e. The molecule has 5 rings (SSSR count). The maximum atomic E-state index is 13.4. The van der Waals surface area contributed by atoms with Crippen molar-refractivity contribution in [2.75, 3.05) is 31.7 Å². The van der Waals surface area contributed by atoms with Gasteiger partial charge in [-0.05, 0) is 38.3 Å². The smallest absolute Gasteiger partial charge is 0.458 e. The molecular weight excluding hydrogens is 694 g/mol. The summed E-state index contributed by atoms with van der Waals surface area (Å²) in [5.74, 6) is 0.0975. The van der Waals surface area contributed by atoms with Crippen LogP contribution in [0.25, 0.3) is 0 Å². The molecule has 0 fully saturated rings. The number of hydrogen-bond acceptors (Lipinski definition) is 13. The van der Waals surface area contributed by atoms with Gasteiger partial charge >= 0.3 is 44.5 Å². The Kier molecular flexibility index (Phi) is 11.0. The summed E-state index contributed by atoms with van der Waals surface area (Å²) in [6.07, 6.45) is -8.73. The molecule has 0 saturated heterocycles. The van der Waals surface area contributed by atoms with Gasteiger partial charge in [0, 0.05) is 43.5 Å². The summed E-state index contributed by atoms with van der Waals surface area (Å²) >= 11 is 0. The van der Waals surface area contributed by atoms with Crippen LogP contribution >= 0.6 is 0 Å². The van der Waals surface area contributed by atoms with Crippen molar-refractivity contribution in [1.29, 1.82) is 0 Å². The van der Waals surface area contributed by atoms with Gasteiger partial charge in [-0.2, -0.15) is 36.3 Å². The molecule has 2 aliphatic heterocycles. The van der Waals surface area contributed by atoms with Gasteiger partial charge in [-0.25, -0.2) is 0 Å². The van der Waals surface area contributed by atoms with E-state index in [2.05, 4.69) is 40.7 Å². The van der Waals surface area contributed by atoms with E-state index < -0.39 is 32.5 Å². The first-order valence-corrected chi connectivity index (χ1v) is 17.6. The normalized spacial score (nSPS) is 15.9. The molecule has 1 aromatic heterocycles. The van der Waals surface area contributed by atoms with Crippen LogP contribution in [0.1, 0.15) is 49.4 Å². The molecule has 3 heterocycles. The molecule has 0 atom stereocenters. The minimum atomic E-state index is -4.65. The quantitative estimate of drug-likeness (QED) is 0.0767. The number of rotatable bonds is 19. The van der Waals surface area contributed by atoms with Crippen LogP contribution in [-0.4, -0.2) is 62.5 Å². The highest BCUT2D eigenvalue weighted by atomic mass is 28.4. The van der Waals surface area contributed by atoms with Gasteiger partial charge in [-0.1, -0.05) is 48.5 Å². The second kappa shape index (κ2) is 14.9. The Balaban J connectivity index is 1.26. The van der Waals surface area contributed by atoms with Crippen LogP contribution in [0.2, 0.25) is 6.04 Å². The molecule has 2 aliphatic rings. The van der Waals surface area contributed by atoms with Gasteiger partial charge in [0.05, 0.1) is 0 Å². The van der Waals surface area contributed by atoms with Crippen LogP contribution in [0.5, 0.6) is 12.0 Å². The van der Waals surface area contributed by atoms with E-state index in [0.29, 0.717) is 50.0 Å². The zero-order valence-electron chi connectivity index (χ0n) is 27.2. The average molecular weight is 729 g/mol. The van der Waals surface area contributed by atoms with Crippen molar-refractivity contribution in [2.24, 2.45) is 20.5 Å². The number of anilines is 1. The van der Waals surface area contributed by atoms with E-state index in [4.69, 9.17) is 22.8 Å². The molecule has 0 bridgehead atoms. The number of benzene rings is 2. The molecule has 1 N–H and O–H groups in total. The van der Waals surface area contributed by atoms with Gasteiger partial charge in [0.25, 0.3) is 0 Å². The summed E-state index contributed by atoms with van der Waals surface area (Å²) in [6.45, 7) is 7.05. The molecular formula is C30H34F6N8O5Si. The van der Waals surface area contributed by atoms with Crippen molar-refractivity contribution < 1.29 is 49.1 Å². The summed E-state index contributed by atoms with van der Waals surface area (Å²) in [5.41, 5.74) is -4.29. The zero-order valence-corrected chi connectivity index (χ0v) is 28.2. The first kappa shape index (κ1) is 37.0.